The number of amides is 2. The fourth-order valence-corrected chi connectivity index (χ4v) is 3.61. The molecule has 4 rings (SSSR count). The molecule has 1 unspecified atom stereocenters. The molecule has 1 aromatic carbocycles. The van der Waals surface area contributed by atoms with Gasteiger partial charge < -0.3 is 24.5 Å². The molecule has 0 bridgehead atoms. The minimum atomic E-state index is -4.91. The second kappa shape index (κ2) is 8.80. The minimum absolute atomic E-state index is 0.0350. The van der Waals surface area contributed by atoms with Gasteiger partial charge in [-0.05, 0) is 18.6 Å². The predicted octanol–water partition coefficient (Wildman–Crippen LogP) is 2.38. The molecule has 2 amide bonds. The molecule has 2 N–H and O–H groups in total. The third-order valence-electron chi connectivity index (χ3n) is 4.94. The van der Waals surface area contributed by atoms with Gasteiger partial charge in [-0.25, -0.2) is 9.78 Å². The van der Waals surface area contributed by atoms with Gasteiger partial charge in [-0.15, -0.1) is 18.3 Å². The number of benzene rings is 1. The summed E-state index contributed by atoms with van der Waals surface area (Å²) >= 11 is 0. The van der Waals surface area contributed by atoms with Crippen LogP contribution in [0.2, 0.25) is 0 Å². The summed E-state index contributed by atoms with van der Waals surface area (Å²) in [4.78, 5) is 29.2. The molecule has 33 heavy (non-hydrogen) atoms. The van der Waals surface area contributed by atoms with Gasteiger partial charge in [0.25, 0.3) is 5.89 Å². The van der Waals surface area contributed by atoms with Crippen LogP contribution in [0.1, 0.15) is 17.1 Å². The van der Waals surface area contributed by atoms with Crippen LogP contribution < -0.4 is 10.1 Å². The van der Waals surface area contributed by atoms with Gasteiger partial charge in [-0.1, -0.05) is 17.3 Å². The average Bonchev–Trinajstić information content (AvgIpc) is 3.48. The zero-order chi connectivity index (χ0) is 23.6. The zero-order valence-corrected chi connectivity index (χ0v) is 16.8. The molecule has 3 heterocycles. The van der Waals surface area contributed by atoms with E-state index in [9.17, 15) is 27.9 Å². The van der Waals surface area contributed by atoms with E-state index in [1.165, 1.54) is 34.0 Å². The number of para-hydroxylation sites is 1. The van der Waals surface area contributed by atoms with Crippen LogP contribution in [-0.2, 0) is 6.54 Å². The number of ether oxygens (including phenoxy) is 1. The summed E-state index contributed by atoms with van der Waals surface area (Å²) in [5.74, 6) is -1.71. The lowest BCUT2D eigenvalue weighted by atomic mass is 10.1. The maximum Gasteiger partial charge on any atom is 0.573 e. The van der Waals surface area contributed by atoms with Crippen molar-refractivity contribution in [3.05, 3.63) is 48.7 Å². The highest BCUT2D eigenvalue weighted by Crippen LogP contribution is 2.34. The van der Waals surface area contributed by atoms with E-state index in [-0.39, 0.29) is 30.3 Å². The highest BCUT2D eigenvalue weighted by atomic mass is 19.4. The molecule has 2 aromatic heterocycles. The third kappa shape index (κ3) is 5.22. The lowest BCUT2D eigenvalue weighted by Crippen LogP contribution is -2.39. The number of likely N-dealkylation sites (tertiary alicyclic amines) is 1. The topological polar surface area (TPSA) is 136 Å². The van der Waals surface area contributed by atoms with Gasteiger partial charge >= 0.3 is 18.4 Å². The van der Waals surface area contributed by atoms with Crippen molar-refractivity contribution in [2.75, 3.05) is 6.54 Å². The van der Waals surface area contributed by atoms with Crippen molar-refractivity contribution < 1.29 is 37.0 Å². The fourth-order valence-electron chi connectivity index (χ4n) is 3.61. The van der Waals surface area contributed by atoms with E-state index < -0.39 is 36.2 Å². The number of halogens is 3. The summed E-state index contributed by atoms with van der Waals surface area (Å²) in [6, 6.07) is 4.31. The van der Waals surface area contributed by atoms with Crippen LogP contribution in [0.5, 0.6) is 5.75 Å². The molecule has 1 fully saturated rings. The van der Waals surface area contributed by atoms with Crippen LogP contribution in [-0.4, -0.2) is 67.0 Å². The van der Waals surface area contributed by atoms with Crippen LogP contribution in [0.4, 0.5) is 18.0 Å². The van der Waals surface area contributed by atoms with E-state index in [1.54, 1.807) is 6.20 Å². The largest absolute Gasteiger partial charge is 0.573 e. The van der Waals surface area contributed by atoms with E-state index in [4.69, 9.17) is 4.42 Å². The number of rotatable bonds is 6. The first-order valence-corrected chi connectivity index (χ1v) is 9.65. The Morgan fingerprint density at radius 1 is 1.30 bits per heavy atom. The molecule has 1 saturated heterocycles. The molecular weight excluding hydrogens is 449 g/mol. The standard InChI is InChI=1S/C19H17F3N6O5/c20-19(21,22)33-14-4-2-1-3-13(14)15-8-23-17(32-15)16(29)25-11-7-12(28(9-11)18(30)31)10-27-6-5-24-26-27/h1-6,8,11-12H,7,9-10H2,(H,25,29)(H,30,31)/t11?,12-/m1/s1. The quantitative estimate of drug-likeness (QED) is 0.565. The lowest BCUT2D eigenvalue weighted by Gasteiger charge is -2.20. The van der Waals surface area contributed by atoms with Gasteiger partial charge in [-0.2, -0.15) is 0 Å². The Bertz CT molecular complexity index is 1130. The minimum Gasteiger partial charge on any atom is -0.465 e. The van der Waals surface area contributed by atoms with E-state index in [0.29, 0.717) is 6.42 Å². The fraction of sp³-hybridized carbons (Fsp3) is 0.316. The number of oxazole rings is 1. The maximum absolute atomic E-state index is 12.6. The first-order chi connectivity index (χ1) is 15.7. The number of nitrogens with zero attached hydrogens (tertiary/aromatic N) is 5. The van der Waals surface area contributed by atoms with Crippen LogP contribution in [0.15, 0.2) is 47.3 Å². The normalized spacial score (nSPS) is 18.3. The third-order valence-corrected chi connectivity index (χ3v) is 4.94. The summed E-state index contributed by atoms with van der Waals surface area (Å²) in [5.41, 5.74) is -0.0350. The number of nitrogens with one attached hydrogen (secondary N) is 1. The second-order valence-corrected chi connectivity index (χ2v) is 7.19. The SMILES string of the molecule is O=C(NC1C[C@H](Cn2ccnn2)N(C(=O)O)C1)c1ncc(-c2ccccc2OC(F)(F)F)o1. The van der Waals surface area contributed by atoms with Gasteiger partial charge in [0.2, 0.25) is 0 Å². The van der Waals surface area contributed by atoms with Crippen molar-refractivity contribution in [2.24, 2.45) is 0 Å². The number of hydrogen-bond acceptors (Lipinski definition) is 7. The smallest absolute Gasteiger partial charge is 0.465 e. The molecular formula is C19H17F3N6O5. The summed E-state index contributed by atoms with van der Waals surface area (Å²) in [7, 11) is 0. The molecule has 0 saturated carbocycles. The second-order valence-electron chi connectivity index (χ2n) is 7.19. The first-order valence-electron chi connectivity index (χ1n) is 9.65. The molecule has 174 valence electrons. The molecule has 0 aliphatic carbocycles. The predicted molar refractivity (Wildman–Crippen MR) is 103 cm³/mol. The Labute approximate surface area is 183 Å². The Morgan fingerprint density at radius 2 is 2.09 bits per heavy atom. The Hall–Kier alpha value is -4.10. The highest BCUT2D eigenvalue weighted by molar-refractivity contribution is 5.90. The number of hydrogen-bond donors (Lipinski definition) is 2. The van der Waals surface area contributed by atoms with Gasteiger partial charge in [0.1, 0.15) is 5.75 Å². The Morgan fingerprint density at radius 3 is 2.79 bits per heavy atom. The zero-order valence-electron chi connectivity index (χ0n) is 16.8. The molecule has 1 aliphatic heterocycles. The van der Waals surface area contributed by atoms with Crippen LogP contribution in [0, 0.1) is 0 Å². The summed E-state index contributed by atoms with van der Waals surface area (Å²) < 4.78 is 48.8. The molecule has 11 nitrogen and oxygen atoms in total. The number of aromatic nitrogens is 4. The summed E-state index contributed by atoms with van der Waals surface area (Å²) in [6.45, 7) is 0.300. The molecule has 3 aromatic rings. The van der Waals surface area contributed by atoms with E-state index in [2.05, 4.69) is 25.3 Å². The van der Waals surface area contributed by atoms with Crippen molar-refractivity contribution in [1.29, 1.82) is 0 Å². The summed E-state index contributed by atoms with van der Waals surface area (Å²) in [6.07, 6.45) is -1.56. The van der Waals surface area contributed by atoms with Crippen molar-refractivity contribution >= 4 is 12.0 Å². The molecule has 0 radical (unpaired) electrons. The maximum atomic E-state index is 12.6. The van der Waals surface area contributed by atoms with Gasteiger partial charge in [0, 0.05) is 18.8 Å². The number of carbonyl (C=O) groups is 2. The molecule has 1 aliphatic rings. The number of carbonyl (C=O) groups excluding carboxylic acids is 1. The Balaban J connectivity index is 1.45. The number of carboxylic acid groups (broad SMARTS) is 1. The van der Waals surface area contributed by atoms with Gasteiger partial charge in [0.05, 0.1) is 30.5 Å². The Kier molecular flexibility index (Phi) is 5.89. The van der Waals surface area contributed by atoms with Gasteiger partial charge in [0.15, 0.2) is 5.76 Å². The lowest BCUT2D eigenvalue weighted by molar-refractivity contribution is -0.274. The van der Waals surface area contributed by atoms with Crippen molar-refractivity contribution in [3.63, 3.8) is 0 Å². The number of alkyl halides is 3. The van der Waals surface area contributed by atoms with Crippen molar-refractivity contribution in [3.8, 4) is 17.1 Å². The van der Waals surface area contributed by atoms with E-state index >= 15 is 0 Å². The van der Waals surface area contributed by atoms with Crippen molar-refractivity contribution in [1.82, 2.24) is 30.2 Å². The molecule has 2 atom stereocenters. The monoisotopic (exact) mass is 466 g/mol. The molecule has 14 heteroatoms. The van der Waals surface area contributed by atoms with E-state index in [1.807, 2.05) is 0 Å². The highest BCUT2D eigenvalue weighted by Gasteiger charge is 2.37. The van der Waals surface area contributed by atoms with Gasteiger partial charge in [-0.3, -0.25) is 9.48 Å². The average molecular weight is 466 g/mol. The van der Waals surface area contributed by atoms with Crippen molar-refractivity contribution in [2.45, 2.75) is 31.4 Å². The van der Waals surface area contributed by atoms with Crippen LogP contribution in [0.25, 0.3) is 11.3 Å². The first kappa shape index (κ1) is 22.1. The molecule has 0 spiro atoms. The van der Waals surface area contributed by atoms with E-state index in [0.717, 1.165) is 12.3 Å². The summed E-state index contributed by atoms with van der Waals surface area (Å²) in [5, 5.41) is 19.6. The van der Waals surface area contributed by atoms with Crippen LogP contribution >= 0.6 is 0 Å². The van der Waals surface area contributed by atoms with Crippen LogP contribution in [0.3, 0.4) is 0 Å².